The molecule has 1 aliphatic rings. The number of nitrogens with zero attached hydrogens (tertiary/aromatic N) is 3. The van der Waals surface area contributed by atoms with Gasteiger partial charge in [-0.1, -0.05) is 15.9 Å². The van der Waals surface area contributed by atoms with Crippen molar-refractivity contribution in [2.75, 3.05) is 16.8 Å². The molecule has 1 aliphatic carbocycles. The number of alkyl halides is 1. The summed E-state index contributed by atoms with van der Waals surface area (Å²) >= 11 is 3.46. The van der Waals surface area contributed by atoms with Crippen molar-refractivity contribution in [2.24, 2.45) is 0 Å². The summed E-state index contributed by atoms with van der Waals surface area (Å²) in [5.41, 5.74) is 0.0281. The highest BCUT2D eigenvalue weighted by molar-refractivity contribution is 9.09. The smallest absolute Gasteiger partial charge is 0.293 e. The Morgan fingerprint density at radius 1 is 1.56 bits per heavy atom. The van der Waals surface area contributed by atoms with Crippen LogP contribution in [-0.4, -0.2) is 27.5 Å². The molecular weight excluding hydrogens is 294 g/mol. The minimum absolute atomic E-state index is 0.0281. The van der Waals surface area contributed by atoms with Gasteiger partial charge in [0.2, 0.25) is 0 Å². The van der Waals surface area contributed by atoms with Crippen LogP contribution in [0.4, 0.5) is 5.82 Å². The molecule has 18 heavy (non-hydrogen) atoms. The Hall–Kier alpha value is -0.840. The van der Waals surface area contributed by atoms with E-state index < -0.39 is 0 Å². The summed E-state index contributed by atoms with van der Waals surface area (Å²) in [6.07, 6.45) is 7.10. The molecule has 0 bridgehead atoms. The Bertz CT molecular complexity index is 454. The number of anilines is 1. The lowest BCUT2D eigenvalue weighted by molar-refractivity contribution is 0.387. The van der Waals surface area contributed by atoms with E-state index in [9.17, 15) is 4.79 Å². The van der Waals surface area contributed by atoms with Crippen molar-refractivity contribution in [3.8, 4) is 0 Å². The Kier molecular flexibility index (Phi) is 4.43. The SMILES string of the molecule is CC(C)n1ccnc(N(CCBr)C2CCC2)c1=O. The molecule has 0 aromatic carbocycles. The van der Waals surface area contributed by atoms with Crippen molar-refractivity contribution >= 4 is 21.7 Å². The summed E-state index contributed by atoms with van der Waals surface area (Å²) in [5, 5.41) is 0.862. The zero-order chi connectivity index (χ0) is 13.1. The van der Waals surface area contributed by atoms with Crippen LogP contribution < -0.4 is 10.5 Å². The van der Waals surface area contributed by atoms with Gasteiger partial charge in [0.25, 0.3) is 5.56 Å². The van der Waals surface area contributed by atoms with E-state index in [-0.39, 0.29) is 11.6 Å². The lowest BCUT2D eigenvalue weighted by atomic mass is 9.91. The average Bonchev–Trinajstić information content (AvgIpc) is 2.26. The maximum absolute atomic E-state index is 12.4. The molecule has 100 valence electrons. The summed E-state index contributed by atoms with van der Waals surface area (Å²) in [7, 11) is 0. The van der Waals surface area contributed by atoms with E-state index in [2.05, 4.69) is 25.8 Å². The fourth-order valence-electron chi connectivity index (χ4n) is 2.27. The zero-order valence-corrected chi connectivity index (χ0v) is 12.6. The largest absolute Gasteiger partial charge is 0.348 e. The van der Waals surface area contributed by atoms with Crippen LogP contribution in [0.2, 0.25) is 0 Å². The van der Waals surface area contributed by atoms with Crippen molar-refractivity contribution in [1.29, 1.82) is 0 Å². The lowest BCUT2D eigenvalue weighted by Crippen LogP contribution is -2.45. The second-order valence-corrected chi connectivity index (χ2v) is 5.82. The molecule has 1 fully saturated rings. The molecule has 0 radical (unpaired) electrons. The minimum Gasteiger partial charge on any atom is -0.348 e. The normalized spacial score (nSPS) is 15.8. The van der Waals surface area contributed by atoms with E-state index in [4.69, 9.17) is 0 Å². The molecule has 0 atom stereocenters. The molecule has 5 heteroatoms. The topological polar surface area (TPSA) is 38.1 Å². The van der Waals surface area contributed by atoms with E-state index in [0.717, 1.165) is 11.9 Å². The van der Waals surface area contributed by atoms with Crippen molar-refractivity contribution in [1.82, 2.24) is 9.55 Å². The molecule has 0 amide bonds. The third kappa shape index (κ3) is 2.60. The molecule has 1 aromatic rings. The lowest BCUT2D eigenvalue weighted by Gasteiger charge is -2.37. The zero-order valence-electron chi connectivity index (χ0n) is 11.0. The summed E-state index contributed by atoms with van der Waals surface area (Å²) in [4.78, 5) is 18.9. The van der Waals surface area contributed by atoms with Crippen LogP contribution >= 0.6 is 15.9 Å². The minimum atomic E-state index is 0.0281. The van der Waals surface area contributed by atoms with Gasteiger partial charge in [0.1, 0.15) is 0 Å². The Morgan fingerprint density at radius 2 is 2.28 bits per heavy atom. The summed E-state index contributed by atoms with van der Waals surface area (Å²) < 4.78 is 1.75. The van der Waals surface area contributed by atoms with Crippen molar-refractivity contribution in [3.63, 3.8) is 0 Å². The molecule has 0 spiro atoms. The molecule has 1 aromatic heterocycles. The van der Waals surface area contributed by atoms with Gasteiger partial charge >= 0.3 is 0 Å². The molecule has 0 saturated heterocycles. The average molecular weight is 314 g/mol. The van der Waals surface area contributed by atoms with E-state index in [1.807, 2.05) is 13.8 Å². The van der Waals surface area contributed by atoms with Crippen LogP contribution in [0.15, 0.2) is 17.2 Å². The fourth-order valence-corrected chi connectivity index (χ4v) is 2.65. The first-order chi connectivity index (χ1) is 8.65. The Balaban J connectivity index is 2.35. The van der Waals surface area contributed by atoms with Gasteiger partial charge in [-0.15, -0.1) is 0 Å². The van der Waals surface area contributed by atoms with Gasteiger partial charge in [0.05, 0.1) is 0 Å². The predicted molar refractivity (Wildman–Crippen MR) is 77.7 cm³/mol. The molecular formula is C13H20BrN3O. The molecule has 4 nitrogen and oxygen atoms in total. The monoisotopic (exact) mass is 313 g/mol. The molecule has 0 N–H and O–H groups in total. The highest BCUT2D eigenvalue weighted by Crippen LogP contribution is 2.27. The van der Waals surface area contributed by atoms with Gasteiger partial charge in [-0.2, -0.15) is 0 Å². The Labute approximate surface area is 116 Å². The van der Waals surface area contributed by atoms with Gasteiger partial charge in [-0.25, -0.2) is 4.98 Å². The second kappa shape index (κ2) is 5.87. The first kappa shape index (κ1) is 13.6. The molecule has 2 rings (SSSR count). The molecule has 1 heterocycles. The molecule has 1 saturated carbocycles. The number of aromatic nitrogens is 2. The van der Waals surface area contributed by atoms with E-state index >= 15 is 0 Å². The first-order valence-electron chi connectivity index (χ1n) is 6.55. The summed E-state index contributed by atoms with van der Waals surface area (Å²) in [5.74, 6) is 0.607. The van der Waals surface area contributed by atoms with Crippen molar-refractivity contribution in [2.45, 2.75) is 45.2 Å². The van der Waals surface area contributed by atoms with E-state index in [1.165, 1.54) is 19.3 Å². The van der Waals surface area contributed by atoms with Crippen LogP contribution in [-0.2, 0) is 0 Å². The van der Waals surface area contributed by atoms with Crippen LogP contribution in [0.3, 0.4) is 0 Å². The van der Waals surface area contributed by atoms with Crippen LogP contribution in [0.25, 0.3) is 0 Å². The maximum atomic E-state index is 12.4. The highest BCUT2D eigenvalue weighted by atomic mass is 79.9. The number of halogens is 1. The fraction of sp³-hybridized carbons (Fsp3) is 0.692. The van der Waals surface area contributed by atoms with Crippen molar-refractivity contribution < 1.29 is 0 Å². The summed E-state index contributed by atoms with van der Waals surface area (Å²) in [6, 6.07) is 0.664. The van der Waals surface area contributed by atoms with Crippen molar-refractivity contribution in [3.05, 3.63) is 22.7 Å². The van der Waals surface area contributed by atoms with Gasteiger partial charge in [-0.05, 0) is 33.1 Å². The van der Waals surface area contributed by atoms with Gasteiger partial charge in [-0.3, -0.25) is 4.79 Å². The van der Waals surface area contributed by atoms with Crippen LogP contribution in [0.1, 0.15) is 39.2 Å². The Morgan fingerprint density at radius 3 is 2.78 bits per heavy atom. The maximum Gasteiger partial charge on any atom is 0.293 e. The second-order valence-electron chi connectivity index (χ2n) is 5.02. The van der Waals surface area contributed by atoms with Gasteiger partial charge in [0.15, 0.2) is 5.82 Å². The third-order valence-corrected chi connectivity index (χ3v) is 3.87. The van der Waals surface area contributed by atoms with Gasteiger partial charge < -0.3 is 9.47 Å². The number of hydrogen-bond donors (Lipinski definition) is 0. The standard InChI is InChI=1S/C13H20BrN3O/c1-10(2)16-9-7-15-12(13(16)18)17(8-6-14)11-4-3-5-11/h7,9-11H,3-6,8H2,1-2H3. The molecule has 0 unspecified atom stereocenters. The highest BCUT2D eigenvalue weighted by Gasteiger charge is 2.27. The van der Waals surface area contributed by atoms with Gasteiger partial charge in [0, 0.05) is 36.4 Å². The third-order valence-electron chi connectivity index (χ3n) is 3.52. The number of hydrogen-bond acceptors (Lipinski definition) is 3. The quantitative estimate of drug-likeness (QED) is 0.784. The molecule has 0 aliphatic heterocycles. The van der Waals surface area contributed by atoms with Crippen LogP contribution in [0.5, 0.6) is 0 Å². The summed E-state index contributed by atoms with van der Waals surface area (Å²) in [6.45, 7) is 4.88. The first-order valence-corrected chi connectivity index (χ1v) is 7.67. The van der Waals surface area contributed by atoms with Crippen LogP contribution in [0, 0.1) is 0 Å². The van der Waals surface area contributed by atoms with E-state index in [0.29, 0.717) is 11.9 Å². The predicted octanol–water partition coefficient (Wildman–Crippen LogP) is 2.58. The van der Waals surface area contributed by atoms with E-state index in [1.54, 1.807) is 17.0 Å². The number of rotatable bonds is 5.